The third-order valence-electron chi connectivity index (χ3n) is 4.70. The van der Waals surface area contributed by atoms with Crippen molar-refractivity contribution in [3.8, 4) is 0 Å². The molecule has 0 aliphatic rings. The molecule has 6 heteroatoms. The Hall–Kier alpha value is -1.40. The molecule has 0 saturated carbocycles. The minimum atomic E-state index is -1.90. The molecule has 0 atom stereocenters. The van der Waals surface area contributed by atoms with Crippen LogP contribution in [0.1, 0.15) is 58.5 Å². The molecule has 0 spiro atoms. The average Bonchev–Trinajstić information content (AvgIpc) is 2.46. The van der Waals surface area contributed by atoms with Gasteiger partial charge in [0, 0.05) is 11.3 Å². The van der Waals surface area contributed by atoms with Crippen LogP contribution in [0.3, 0.4) is 0 Å². The van der Waals surface area contributed by atoms with Crippen LogP contribution >= 0.6 is 0 Å². The molecule has 1 heterocycles. The molecule has 0 fully saturated rings. The number of hydrogen-bond acceptors (Lipinski definition) is 4. The molecule has 1 aromatic heterocycles. The van der Waals surface area contributed by atoms with E-state index >= 15 is 0 Å². The van der Waals surface area contributed by atoms with Crippen LogP contribution in [-0.4, -0.2) is 24.3 Å². The standard InChI is InChI=1S/C17H31N3O2Si/c1-11(2)23(12(3)4,13(5)6)22-10-15-8-9-16(14(7)19-15)17(18)20-21/h8-9,11-13,21H,10H2,1-7H3,(H2,18,20). The van der Waals surface area contributed by atoms with E-state index in [1.54, 1.807) is 0 Å². The van der Waals surface area contributed by atoms with Gasteiger partial charge in [0.25, 0.3) is 0 Å². The molecular formula is C17H31N3O2Si. The maximum absolute atomic E-state index is 8.79. The van der Waals surface area contributed by atoms with E-state index in [4.69, 9.17) is 15.4 Å². The molecule has 1 rings (SSSR count). The predicted molar refractivity (Wildman–Crippen MR) is 97.3 cm³/mol. The number of pyridine rings is 1. The Labute approximate surface area is 141 Å². The third kappa shape index (κ3) is 4.12. The number of oxime groups is 1. The highest BCUT2D eigenvalue weighted by Gasteiger charge is 2.45. The molecule has 130 valence electrons. The molecule has 0 saturated heterocycles. The average molecular weight is 338 g/mol. The summed E-state index contributed by atoms with van der Waals surface area (Å²) in [5, 5.41) is 11.8. The fraction of sp³-hybridized carbons (Fsp3) is 0.647. The van der Waals surface area contributed by atoms with E-state index in [0.29, 0.717) is 28.8 Å². The van der Waals surface area contributed by atoms with Gasteiger partial charge in [-0.15, -0.1) is 0 Å². The lowest BCUT2D eigenvalue weighted by atomic mass is 10.1. The molecule has 1 aromatic rings. The van der Waals surface area contributed by atoms with E-state index < -0.39 is 8.32 Å². The maximum Gasteiger partial charge on any atom is 0.200 e. The van der Waals surface area contributed by atoms with Gasteiger partial charge in [-0.2, -0.15) is 0 Å². The van der Waals surface area contributed by atoms with Gasteiger partial charge in [-0.3, -0.25) is 4.98 Å². The number of rotatable bonds is 7. The summed E-state index contributed by atoms with van der Waals surface area (Å²) in [6.45, 7) is 16.0. The summed E-state index contributed by atoms with van der Waals surface area (Å²) in [5.41, 5.74) is 9.55. The van der Waals surface area contributed by atoms with Gasteiger partial charge in [0.1, 0.15) is 0 Å². The second-order valence-electron chi connectivity index (χ2n) is 7.03. The summed E-state index contributed by atoms with van der Waals surface area (Å²) in [6.07, 6.45) is 0. The zero-order chi connectivity index (χ0) is 17.8. The summed E-state index contributed by atoms with van der Waals surface area (Å²) in [7, 11) is -1.90. The van der Waals surface area contributed by atoms with Gasteiger partial charge in [-0.25, -0.2) is 0 Å². The van der Waals surface area contributed by atoms with Gasteiger partial charge in [-0.05, 0) is 35.7 Å². The van der Waals surface area contributed by atoms with Crippen LogP contribution in [0.2, 0.25) is 16.6 Å². The van der Waals surface area contributed by atoms with Crippen LogP contribution in [-0.2, 0) is 11.0 Å². The van der Waals surface area contributed by atoms with Gasteiger partial charge in [0.15, 0.2) is 5.84 Å². The van der Waals surface area contributed by atoms with Crippen molar-refractivity contribution in [1.82, 2.24) is 4.98 Å². The zero-order valence-corrected chi connectivity index (χ0v) is 16.4. The van der Waals surface area contributed by atoms with Crippen molar-refractivity contribution in [3.05, 3.63) is 29.1 Å². The van der Waals surface area contributed by atoms with Gasteiger partial charge < -0.3 is 15.4 Å². The number of aromatic nitrogens is 1. The molecule has 0 aliphatic carbocycles. The molecule has 5 nitrogen and oxygen atoms in total. The van der Waals surface area contributed by atoms with Gasteiger partial charge in [0.2, 0.25) is 8.32 Å². The minimum Gasteiger partial charge on any atom is -0.410 e. The summed E-state index contributed by atoms with van der Waals surface area (Å²) in [5.74, 6) is 0.0812. The summed E-state index contributed by atoms with van der Waals surface area (Å²) < 4.78 is 6.55. The Balaban J connectivity index is 3.01. The molecule has 0 bridgehead atoms. The SMILES string of the molecule is Cc1nc(CO[Si](C(C)C)(C(C)C)C(C)C)ccc1C(N)=NO. The third-order valence-corrected chi connectivity index (χ3v) is 10.8. The minimum absolute atomic E-state index is 0.0812. The van der Waals surface area contributed by atoms with Crippen molar-refractivity contribution in [2.24, 2.45) is 10.9 Å². The number of hydrogen-bond donors (Lipinski definition) is 2. The van der Waals surface area contributed by atoms with Crippen molar-refractivity contribution in [3.63, 3.8) is 0 Å². The smallest absolute Gasteiger partial charge is 0.200 e. The van der Waals surface area contributed by atoms with Crippen molar-refractivity contribution >= 4 is 14.2 Å². The lowest BCUT2D eigenvalue weighted by molar-refractivity contribution is 0.261. The quantitative estimate of drug-likeness (QED) is 0.257. The highest BCUT2D eigenvalue weighted by atomic mass is 28.4. The van der Waals surface area contributed by atoms with E-state index in [0.717, 1.165) is 11.4 Å². The summed E-state index contributed by atoms with van der Waals surface area (Å²) in [4.78, 5) is 4.55. The summed E-state index contributed by atoms with van der Waals surface area (Å²) in [6, 6.07) is 3.72. The number of nitrogens with two attached hydrogens (primary N) is 1. The monoisotopic (exact) mass is 337 g/mol. The Kier molecular flexibility index (Phi) is 6.77. The lowest BCUT2D eigenvalue weighted by Gasteiger charge is -2.42. The topological polar surface area (TPSA) is 80.7 Å². The van der Waals surface area contributed by atoms with Crippen LogP contribution < -0.4 is 5.73 Å². The molecule has 0 aromatic carbocycles. The fourth-order valence-corrected chi connectivity index (χ4v) is 9.11. The first kappa shape index (κ1) is 19.6. The Morgan fingerprint density at radius 2 is 1.70 bits per heavy atom. The number of nitrogens with zero attached hydrogens (tertiary/aromatic N) is 2. The van der Waals surface area contributed by atoms with Gasteiger partial charge >= 0.3 is 0 Å². The molecule has 3 N–H and O–H groups in total. The second kappa shape index (κ2) is 7.92. The number of aryl methyl sites for hydroxylation is 1. The molecule has 0 radical (unpaired) electrons. The van der Waals surface area contributed by atoms with Crippen LogP contribution in [0.5, 0.6) is 0 Å². The number of amidine groups is 1. The second-order valence-corrected chi connectivity index (χ2v) is 12.5. The lowest BCUT2D eigenvalue weighted by Crippen LogP contribution is -2.47. The van der Waals surface area contributed by atoms with E-state index in [-0.39, 0.29) is 5.84 Å². The largest absolute Gasteiger partial charge is 0.410 e. The van der Waals surface area contributed by atoms with Crippen molar-refractivity contribution < 1.29 is 9.63 Å². The van der Waals surface area contributed by atoms with E-state index in [2.05, 4.69) is 51.7 Å². The molecular weight excluding hydrogens is 306 g/mol. The fourth-order valence-electron chi connectivity index (χ4n) is 3.72. The molecule has 0 aliphatic heterocycles. The molecule has 0 amide bonds. The Bertz CT molecular complexity index is 535. The summed E-state index contributed by atoms with van der Waals surface area (Å²) >= 11 is 0. The van der Waals surface area contributed by atoms with Crippen LogP contribution in [0.15, 0.2) is 17.3 Å². The van der Waals surface area contributed by atoms with E-state index in [1.165, 1.54) is 0 Å². The Morgan fingerprint density at radius 3 is 2.09 bits per heavy atom. The molecule has 0 unspecified atom stereocenters. The highest BCUT2D eigenvalue weighted by Crippen LogP contribution is 2.42. The zero-order valence-electron chi connectivity index (χ0n) is 15.4. The first-order valence-electron chi connectivity index (χ1n) is 8.25. The van der Waals surface area contributed by atoms with Gasteiger partial charge in [-0.1, -0.05) is 46.7 Å². The predicted octanol–water partition coefficient (Wildman–Crippen LogP) is 4.18. The molecule has 23 heavy (non-hydrogen) atoms. The van der Waals surface area contributed by atoms with E-state index in [9.17, 15) is 0 Å². The van der Waals surface area contributed by atoms with E-state index in [1.807, 2.05) is 19.1 Å². The van der Waals surface area contributed by atoms with Crippen molar-refractivity contribution in [1.29, 1.82) is 0 Å². The van der Waals surface area contributed by atoms with Crippen LogP contribution in [0.4, 0.5) is 0 Å². The van der Waals surface area contributed by atoms with Crippen molar-refractivity contribution in [2.45, 2.75) is 71.7 Å². The van der Waals surface area contributed by atoms with Crippen molar-refractivity contribution in [2.75, 3.05) is 0 Å². The Morgan fingerprint density at radius 1 is 1.17 bits per heavy atom. The van der Waals surface area contributed by atoms with Crippen LogP contribution in [0.25, 0.3) is 0 Å². The first-order valence-corrected chi connectivity index (χ1v) is 10.4. The maximum atomic E-state index is 8.79. The highest BCUT2D eigenvalue weighted by molar-refractivity contribution is 6.77. The normalized spacial score (nSPS) is 13.4. The van der Waals surface area contributed by atoms with Gasteiger partial charge in [0.05, 0.1) is 12.3 Å². The first-order chi connectivity index (χ1) is 10.7. The van der Waals surface area contributed by atoms with Crippen LogP contribution in [0, 0.1) is 6.92 Å².